The van der Waals surface area contributed by atoms with E-state index >= 15 is 0 Å². The molecule has 1 heterocycles. The number of rotatable bonds is 1. The zero-order valence-corrected chi connectivity index (χ0v) is 15.9. The number of carbonyl (C=O) groups is 2. The highest BCUT2D eigenvalue weighted by molar-refractivity contribution is 8.00. The van der Waals surface area contributed by atoms with E-state index in [1.54, 1.807) is 0 Å². The predicted octanol–water partition coefficient (Wildman–Crippen LogP) is 4.51. The molecule has 0 aromatic rings. The van der Waals surface area contributed by atoms with Gasteiger partial charge in [0.2, 0.25) is 0 Å². The summed E-state index contributed by atoms with van der Waals surface area (Å²) >= 11 is 2.20. The van der Waals surface area contributed by atoms with Crippen LogP contribution >= 0.6 is 11.8 Å². The average Bonchev–Trinajstić information content (AvgIpc) is 3.02. The minimum Gasteiger partial charge on any atom is -0.300 e. The summed E-state index contributed by atoms with van der Waals surface area (Å²) in [4.78, 5) is 24.3. The molecule has 0 N–H and O–H groups in total. The predicted molar refractivity (Wildman–Crippen MR) is 96.9 cm³/mol. The zero-order valence-electron chi connectivity index (χ0n) is 15.1. The molecule has 2 nitrogen and oxygen atoms in total. The summed E-state index contributed by atoms with van der Waals surface area (Å²) in [7, 11) is 0. The van der Waals surface area contributed by atoms with Crippen LogP contribution < -0.4 is 0 Å². The molecule has 132 valence electrons. The number of hydrogen-bond donors (Lipinski definition) is 0. The van der Waals surface area contributed by atoms with Crippen molar-refractivity contribution >= 4 is 23.3 Å². The molecule has 1 aliphatic heterocycles. The molecule has 0 amide bonds. The molecule has 5 aliphatic rings. The van der Waals surface area contributed by atoms with Crippen LogP contribution in [0, 0.1) is 40.4 Å². The Hall–Kier alpha value is -0.310. The molecule has 4 unspecified atom stereocenters. The van der Waals surface area contributed by atoms with Gasteiger partial charge in [-0.15, -0.1) is 0 Å². The van der Waals surface area contributed by atoms with Crippen LogP contribution in [0.3, 0.4) is 0 Å². The Morgan fingerprint density at radius 2 is 1.96 bits per heavy atom. The quantitative estimate of drug-likeness (QED) is 0.700. The van der Waals surface area contributed by atoms with Gasteiger partial charge in [-0.25, -0.2) is 0 Å². The standard InChI is InChI=1S/C21H30O2S/c1-12(22)15-3-4-16-14-10-19-18-9-13(23)5-8-21(18,11-24-19)17(14)6-7-20(15,16)2/h14-19H,3-11H2,1-2H3/t14?,15-,16?,17?,18?,19+,20-,21+/m1/s1. The third-order valence-corrected chi connectivity index (χ3v) is 10.9. The van der Waals surface area contributed by atoms with Crippen LogP contribution in [0.25, 0.3) is 0 Å². The summed E-state index contributed by atoms with van der Waals surface area (Å²) in [6.07, 6.45) is 9.19. The van der Waals surface area contributed by atoms with Crippen LogP contribution in [-0.2, 0) is 9.59 Å². The van der Waals surface area contributed by atoms with Crippen molar-refractivity contribution < 1.29 is 9.59 Å². The Morgan fingerprint density at radius 3 is 2.75 bits per heavy atom. The summed E-state index contributed by atoms with van der Waals surface area (Å²) in [6, 6.07) is 0. The first kappa shape index (κ1) is 15.9. The number of fused-ring (bicyclic) bond motifs is 3. The lowest BCUT2D eigenvalue weighted by Gasteiger charge is -2.59. The lowest BCUT2D eigenvalue weighted by atomic mass is 9.44. The maximum Gasteiger partial charge on any atom is 0.133 e. The monoisotopic (exact) mass is 346 g/mol. The van der Waals surface area contributed by atoms with Crippen molar-refractivity contribution in [3.63, 3.8) is 0 Å². The Bertz CT molecular complexity index is 601. The van der Waals surface area contributed by atoms with Gasteiger partial charge in [0.25, 0.3) is 0 Å². The van der Waals surface area contributed by atoms with Gasteiger partial charge in [0.05, 0.1) is 0 Å². The van der Waals surface area contributed by atoms with Crippen molar-refractivity contribution in [3.05, 3.63) is 0 Å². The SMILES string of the molecule is CC(=O)[C@H]1CCC2C3C[C@@H]4SC[C@@]5(CCC(=O)CC45)C3CC[C@@]21C. The molecule has 5 fully saturated rings. The number of thioether (sulfide) groups is 1. The van der Waals surface area contributed by atoms with Crippen LogP contribution in [0.4, 0.5) is 0 Å². The Balaban J connectivity index is 1.50. The first-order valence-corrected chi connectivity index (χ1v) is 11.1. The van der Waals surface area contributed by atoms with Crippen molar-refractivity contribution in [2.75, 3.05) is 5.75 Å². The van der Waals surface area contributed by atoms with Crippen molar-refractivity contribution in [2.24, 2.45) is 40.4 Å². The summed E-state index contributed by atoms with van der Waals surface area (Å²) in [5, 5.41) is 0.731. The van der Waals surface area contributed by atoms with Crippen molar-refractivity contribution in [1.82, 2.24) is 0 Å². The topological polar surface area (TPSA) is 34.1 Å². The maximum absolute atomic E-state index is 12.2. The molecule has 5 rings (SSSR count). The lowest BCUT2D eigenvalue weighted by Crippen LogP contribution is -2.56. The van der Waals surface area contributed by atoms with Crippen LogP contribution in [0.1, 0.15) is 65.2 Å². The largest absolute Gasteiger partial charge is 0.300 e. The van der Waals surface area contributed by atoms with Crippen LogP contribution in [-0.4, -0.2) is 22.6 Å². The second-order valence-corrected chi connectivity index (χ2v) is 11.1. The molecule has 4 saturated carbocycles. The maximum atomic E-state index is 12.2. The van der Waals surface area contributed by atoms with Crippen molar-refractivity contribution in [2.45, 2.75) is 70.5 Å². The van der Waals surface area contributed by atoms with Gasteiger partial charge in [-0.3, -0.25) is 9.59 Å². The first-order valence-electron chi connectivity index (χ1n) is 10.1. The molecule has 0 aromatic carbocycles. The second-order valence-electron chi connectivity index (χ2n) is 9.83. The Kier molecular flexibility index (Phi) is 3.39. The Labute approximate surface area is 149 Å². The average molecular weight is 347 g/mol. The fourth-order valence-electron chi connectivity index (χ4n) is 8.23. The number of Topliss-reactive ketones (excluding diaryl/α,β-unsaturated/α-hetero) is 2. The molecule has 0 aromatic heterocycles. The molecular weight excluding hydrogens is 316 g/mol. The highest BCUT2D eigenvalue weighted by atomic mass is 32.2. The van der Waals surface area contributed by atoms with Gasteiger partial charge < -0.3 is 0 Å². The van der Waals surface area contributed by atoms with Crippen LogP contribution in [0.5, 0.6) is 0 Å². The van der Waals surface area contributed by atoms with E-state index in [-0.39, 0.29) is 5.41 Å². The molecule has 1 saturated heterocycles. The van der Waals surface area contributed by atoms with Gasteiger partial charge in [0.1, 0.15) is 11.6 Å². The molecule has 2 bridgehead atoms. The summed E-state index contributed by atoms with van der Waals surface area (Å²) in [6.45, 7) is 4.27. The second kappa shape index (κ2) is 5.11. The lowest BCUT2D eigenvalue weighted by molar-refractivity contribution is -0.139. The van der Waals surface area contributed by atoms with Gasteiger partial charge in [-0.2, -0.15) is 11.8 Å². The van der Waals surface area contributed by atoms with Gasteiger partial charge in [0, 0.05) is 24.0 Å². The van der Waals surface area contributed by atoms with Crippen LogP contribution in [0.2, 0.25) is 0 Å². The number of hydrogen-bond acceptors (Lipinski definition) is 3. The first-order chi connectivity index (χ1) is 11.5. The van der Waals surface area contributed by atoms with E-state index in [0.717, 1.165) is 42.3 Å². The van der Waals surface area contributed by atoms with Crippen molar-refractivity contribution in [3.8, 4) is 0 Å². The van der Waals surface area contributed by atoms with E-state index in [9.17, 15) is 9.59 Å². The van der Waals surface area contributed by atoms with E-state index in [1.165, 1.54) is 37.9 Å². The van der Waals surface area contributed by atoms with E-state index in [0.29, 0.717) is 28.8 Å². The van der Waals surface area contributed by atoms with Gasteiger partial charge >= 0.3 is 0 Å². The summed E-state index contributed by atoms with van der Waals surface area (Å²) in [5.41, 5.74) is 0.743. The Morgan fingerprint density at radius 1 is 1.12 bits per heavy atom. The van der Waals surface area contributed by atoms with E-state index in [1.807, 2.05) is 6.92 Å². The van der Waals surface area contributed by atoms with E-state index < -0.39 is 0 Å². The molecule has 0 spiro atoms. The molecule has 0 radical (unpaired) electrons. The molecule has 3 heteroatoms. The van der Waals surface area contributed by atoms with E-state index in [4.69, 9.17) is 0 Å². The third kappa shape index (κ3) is 1.86. The highest BCUT2D eigenvalue weighted by Gasteiger charge is 2.66. The smallest absolute Gasteiger partial charge is 0.133 e. The highest BCUT2D eigenvalue weighted by Crippen LogP contribution is 2.71. The number of ketones is 2. The minimum absolute atomic E-state index is 0.269. The molecular formula is C21H30O2S. The summed E-state index contributed by atoms with van der Waals surface area (Å²) in [5.74, 6) is 5.71. The minimum atomic E-state index is 0.269. The van der Waals surface area contributed by atoms with E-state index in [2.05, 4.69) is 18.7 Å². The molecule has 4 aliphatic carbocycles. The molecule has 24 heavy (non-hydrogen) atoms. The van der Waals surface area contributed by atoms with Crippen molar-refractivity contribution in [1.29, 1.82) is 0 Å². The van der Waals surface area contributed by atoms with Gasteiger partial charge in [-0.1, -0.05) is 6.92 Å². The normalized spacial score (nSPS) is 55.7. The molecule has 8 atom stereocenters. The number of carbonyl (C=O) groups excluding carboxylic acids is 2. The van der Waals surface area contributed by atoms with Crippen LogP contribution in [0.15, 0.2) is 0 Å². The van der Waals surface area contributed by atoms with Gasteiger partial charge in [0.15, 0.2) is 0 Å². The third-order valence-electron chi connectivity index (χ3n) is 9.24. The zero-order chi connectivity index (χ0) is 16.7. The fourth-order valence-corrected chi connectivity index (χ4v) is 10.3. The van der Waals surface area contributed by atoms with Gasteiger partial charge in [-0.05, 0) is 85.7 Å². The fraction of sp³-hybridized carbons (Fsp3) is 0.905. The summed E-state index contributed by atoms with van der Waals surface area (Å²) < 4.78 is 0.